The van der Waals surface area contributed by atoms with Crippen molar-refractivity contribution in [3.8, 4) is 0 Å². The number of hydrogen-bond acceptors (Lipinski definition) is 3. The zero-order valence-corrected chi connectivity index (χ0v) is 21.9. The molecule has 0 spiro atoms. The third kappa shape index (κ3) is 6.49. The number of rotatable bonds is 10. The number of aromatic nitrogens is 2. The predicted molar refractivity (Wildman–Crippen MR) is 150 cm³/mol. The molecule has 0 radical (unpaired) electrons. The van der Waals surface area contributed by atoms with Crippen molar-refractivity contribution in [3.63, 3.8) is 0 Å². The molecule has 5 rings (SSSR count). The molecule has 1 heterocycles. The molecule has 0 aliphatic heterocycles. The van der Waals surface area contributed by atoms with Crippen LogP contribution in [0.15, 0.2) is 84.9 Å². The second-order valence-corrected chi connectivity index (χ2v) is 10.2. The molecule has 1 saturated carbocycles. The van der Waals surface area contributed by atoms with E-state index < -0.39 is 0 Å². The summed E-state index contributed by atoms with van der Waals surface area (Å²) in [5.74, 6) is 0.781. The molecule has 0 atom stereocenters. The van der Waals surface area contributed by atoms with Crippen LogP contribution in [0.25, 0.3) is 11.0 Å². The van der Waals surface area contributed by atoms with Crippen LogP contribution in [-0.4, -0.2) is 32.3 Å². The molecule has 0 bridgehead atoms. The normalized spacial score (nSPS) is 13.9. The molecule has 4 aromatic rings. The number of benzene rings is 3. The molecule has 1 aliphatic carbocycles. The highest BCUT2D eigenvalue weighted by molar-refractivity contribution is 5.82. The standard InChI is InChI=1S/C32H36N4O2/c37-31(21-20-25-12-4-1-5-13-25)33-22-30-34-28-18-10-11-19-29(28)36(30)24-32(38)35(27-16-8-3-9-17-27)23-26-14-6-2-7-15-26/h1-2,4-7,10-15,18-19,27H,3,8-9,16-17,20-24H2,(H,33,37). The van der Waals surface area contributed by atoms with Crippen molar-refractivity contribution in [2.24, 2.45) is 0 Å². The average molecular weight is 509 g/mol. The minimum atomic E-state index is -0.0216. The van der Waals surface area contributed by atoms with Crippen molar-refractivity contribution in [1.29, 1.82) is 0 Å². The van der Waals surface area contributed by atoms with E-state index in [4.69, 9.17) is 4.98 Å². The lowest BCUT2D eigenvalue weighted by Gasteiger charge is -2.35. The van der Waals surface area contributed by atoms with E-state index in [1.807, 2.05) is 77.4 Å². The molecule has 3 aromatic carbocycles. The molecule has 6 heteroatoms. The number of amides is 2. The Morgan fingerprint density at radius 1 is 0.842 bits per heavy atom. The molecule has 2 amide bonds. The summed E-state index contributed by atoms with van der Waals surface area (Å²) in [6.07, 6.45) is 6.77. The van der Waals surface area contributed by atoms with Gasteiger partial charge in [-0.15, -0.1) is 0 Å². The molecule has 1 aliphatic rings. The van der Waals surface area contributed by atoms with Crippen molar-refractivity contribution in [3.05, 3.63) is 102 Å². The number of carbonyl (C=O) groups is 2. The lowest BCUT2D eigenvalue weighted by Crippen LogP contribution is -2.42. The van der Waals surface area contributed by atoms with Gasteiger partial charge >= 0.3 is 0 Å². The summed E-state index contributed by atoms with van der Waals surface area (Å²) in [5.41, 5.74) is 4.04. The number of nitrogens with zero attached hydrogens (tertiary/aromatic N) is 3. The Hall–Kier alpha value is -3.93. The van der Waals surface area contributed by atoms with Crippen LogP contribution in [0, 0.1) is 0 Å². The van der Waals surface area contributed by atoms with Crippen LogP contribution in [0.2, 0.25) is 0 Å². The summed E-state index contributed by atoms with van der Waals surface area (Å²) in [5, 5.41) is 3.03. The fourth-order valence-corrected chi connectivity index (χ4v) is 5.43. The highest BCUT2D eigenvalue weighted by atomic mass is 16.2. The van der Waals surface area contributed by atoms with Crippen LogP contribution in [-0.2, 0) is 35.6 Å². The second kappa shape index (κ2) is 12.5. The van der Waals surface area contributed by atoms with E-state index in [2.05, 4.69) is 22.3 Å². The van der Waals surface area contributed by atoms with Crippen LogP contribution < -0.4 is 5.32 Å². The molecule has 0 unspecified atom stereocenters. The van der Waals surface area contributed by atoms with Crippen molar-refractivity contribution in [2.75, 3.05) is 0 Å². The van der Waals surface area contributed by atoms with Gasteiger partial charge in [0.05, 0.1) is 17.6 Å². The van der Waals surface area contributed by atoms with Crippen LogP contribution in [0.5, 0.6) is 0 Å². The minimum absolute atomic E-state index is 0.0216. The Kier molecular flexibility index (Phi) is 8.49. The Bertz CT molecular complexity index is 1340. The number of imidazole rings is 1. The minimum Gasteiger partial charge on any atom is -0.349 e. The number of para-hydroxylation sites is 2. The maximum Gasteiger partial charge on any atom is 0.243 e. The fourth-order valence-electron chi connectivity index (χ4n) is 5.43. The maximum absolute atomic E-state index is 13.9. The van der Waals surface area contributed by atoms with Crippen LogP contribution in [0.3, 0.4) is 0 Å². The summed E-state index contributed by atoms with van der Waals surface area (Å²) < 4.78 is 1.98. The van der Waals surface area contributed by atoms with E-state index in [0.717, 1.165) is 47.8 Å². The van der Waals surface area contributed by atoms with E-state index in [1.54, 1.807) is 0 Å². The fraction of sp³-hybridized carbons (Fsp3) is 0.344. The summed E-state index contributed by atoms with van der Waals surface area (Å²) in [6.45, 7) is 1.11. The molecular formula is C32H36N4O2. The van der Waals surface area contributed by atoms with E-state index in [9.17, 15) is 9.59 Å². The van der Waals surface area contributed by atoms with Gasteiger partial charge in [0.2, 0.25) is 11.8 Å². The van der Waals surface area contributed by atoms with Gasteiger partial charge in [0, 0.05) is 19.0 Å². The highest BCUT2D eigenvalue weighted by Crippen LogP contribution is 2.25. The number of hydrogen-bond donors (Lipinski definition) is 1. The van der Waals surface area contributed by atoms with Gasteiger partial charge in [-0.25, -0.2) is 4.98 Å². The lowest BCUT2D eigenvalue weighted by atomic mass is 9.93. The van der Waals surface area contributed by atoms with Crippen LogP contribution in [0.1, 0.15) is 55.5 Å². The van der Waals surface area contributed by atoms with Gasteiger partial charge in [-0.3, -0.25) is 9.59 Å². The Morgan fingerprint density at radius 2 is 1.50 bits per heavy atom. The Balaban J connectivity index is 1.32. The van der Waals surface area contributed by atoms with Crippen molar-refractivity contribution >= 4 is 22.8 Å². The van der Waals surface area contributed by atoms with E-state index in [-0.39, 0.29) is 30.9 Å². The molecule has 6 nitrogen and oxygen atoms in total. The van der Waals surface area contributed by atoms with E-state index in [0.29, 0.717) is 25.2 Å². The number of carbonyl (C=O) groups excluding carboxylic acids is 2. The molecule has 0 saturated heterocycles. The van der Waals surface area contributed by atoms with Crippen LogP contribution in [0.4, 0.5) is 0 Å². The summed E-state index contributed by atoms with van der Waals surface area (Å²) >= 11 is 0. The quantitative estimate of drug-likeness (QED) is 0.301. The first kappa shape index (κ1) is 25.7. The molecule has 1 aromatic heterocycles. The lowest BCUT2D eigenvalue weighted by molar-refractivity contribution is -0.135. The average Bonchev–Trinajstić information content (AvgIpc) is 3.32. The van der Waals surface area contributed by atoms with Gasteiger partial charge in [-0.2, -0.15) is 0 Å². The molecule has 1 fully saturated rings. The van der Waals surface area contributed by atoms with Crippen molar-refractivity contribution in [2.45, 2.75) is 70.6 Å². The Labute approximate surface area is 224 Å². The van der Waals surface area contributed by atoms with Gasteiger partial charge in [0.1, 0.15) is 12.4 Å². The Morgan fingerprint density at radius 3 is 2.24 bits per heavy atom. The molecule has 196 valence electrons. The van der Waals surface area contributed by atoms with E-state index in [1.165, 1.54) is 6.42 Å². The third-order valence-electron chi connectivity index (χ3n) is 7.49. The zero-order chi connectivity index (χ0) is 26.2. The first-order valence-electron chi connectivity index (χ1n) is 13.8. The van der Waals surface area contributed by atoms with Gasteiger partial charge in [-0.05, 0) is 42.5 Å². The third-order valence-corrected chi connectivity index (χ3v) is 7.49. The maximum atomic E-state index is 13.9. The largest absolute Gasteiger partial charge is 0.349 e. The topological polar surface area (TPSA) is 67.2 Å². The summed E-state index contributed by atoms with van der Waals surface area (Å²) in [7, 11) is 0. The predicted octanol–water partition coefficient (Wildman–Crippen LogP) is 5.65. The van der Waals surface area contributed by atoms with Crippen molar-refractivity contribution < 1.29 is 9.59 Å². The summed E-state index contributed by atoms with van der Waals surface area (Å²) in [4.78, 5) is 33.4. The monoisotopic (exact) mass is 508 g/mol. The van der Waals surface area contributed by atoms with Gasteiger partial charge in [-0.1, -0.05) is 92.1 Å². The summed E-state index contributed by atoms with van der Waals surface area (Å²) in [6, 6.07) is 28.4. The smallest absolute Gasteiger partial charge is 0.243 e. The highest BCUT2D eigenvalue weighted by Gasteiger charge is 2.27. The number of aryl methyl sites for hydroxylation is 1. The van der Waals surface area contributed by atoms with Crippen molar-refractivity contribution in [1.82, 2.24) is 19.8 Å². The molecule has 38 heavy (non-hydrogen) atoms. The molecular weight excluding hydrogens is 472 g/mol. The van der Waals surface area contributed by atoms with E-state index >= 15 is 0 Å². The molecule has 1 N–H and O–H groups in total. The van der Waals surface area contributed by atoms with Gasteiger partial charge in [0.25, 0.3) is 0 Å². The van der Waals surface area contributed by atoms with Gasteiger partial charge in [0.15, 0.2) is 0 Å². The van der Waals surface area contributed by atoms with Crippen LogP contribution >= 0.6 is 0 Å². The first-order chi connectivity index (χ1) is 18.7. The first-order valence-corrected chi connectivity index (χ1v) is 13.8. The number of nitrogens with one attached hydrogen (secondary N) is 1. The van der Waals surface area contributed by atoms with Gasteiger partial charge < -0.3 is 14.8 Å². The zero-order valence-electron chi connectivity index (χ0n) is 21.9. The SMILES string of the molecule is O=C(CCc1ccccc1)NCc1nc2ccccc2n1CC(=O)N(Cc1ccccc1)C1CCCCC1. The second-order valence-electron chi connectivity index (χ2n) is 10.2. The number of fused-ring (bicyclic) bond motifs is 1.